The molecule has 1 rings (SSSR count). The predicted octanol–water partition coefficient (Wildman–Crippen LogP) is 0.216. The molecule has 1 aliphatic rings. The Bertz CT molecular complexity index is 132. The van der Waals surface area contributed by atoms with Crippen molar-refractivity contribution in [1.29, 1.82) is 0 Å². The van der Waals surface area contributed by atoms with Crippen molar-refractivity contribution >= 4 is 0 Å². The van der Waals surface area contributed by atoms with Gasteiger partial charge in [-0.25, -0.2) is 0 Å². The van der Waals surface area contributed by atoms with Gasteiger partial charge in [0.15, 0.2) is 0 Å². The van der Waals surface area contributed by atoms with E-state index in [9.17, 15) is 5.11 Å². The van der Waals surface area contributed by atoms with Gasteiger partial charge in [0.05, 0.1) is 12.2 Å². The second-order valence-corrected chi connectivity index (χ2v) is 3.89. The molecule has 0 atom stereocenters. The number of hydrogen-bond donors (Lipinski definition) is 2. The zero-order chi connectivity index (χ0) is 9.03. The fourth-order valence-corrected chi connectivity index (χ4v) is 1.94. The molecule has 0 aromatic heterocycles. The van der Waals surface area contributed by atoms with Gasteiger partial charge in [0, 0.05) is 13.1 Å². The number of nitrogens with zero attached hydrogens (tertiary/aromatic N) is 1. The number of rotatable bonds is 4. The summed E-state index contributed by atoms with van der Waals surface area (Å²) in [4.78, 5) is 1.99. The van der Waals surface area contributed by atoms with Crippen molar-refractivity contribution in [3.05, 3.63) is 0 Å². The Morgan fingerprint density at radius 3 is 2.42 bits per heavy atom. The maximum Gasteiger partial charge on any atom is 0.0774 e. The van der Waals surface area contributed by atoms with Crippen LogP contribution in [0.3, 0.4) is 0 Å². The first-order chi connectivity index (χ1) is 5.66. The van der Waals surface area contributed by atoms with Crippen LogP contribution in [0, 0.1) is 0 Å². The van der Waals surface area contributed by atoms with Crippen LogP contribution in [0.2, 0.25) is 0 Å². The molecule has 0 aromatic carbocycles. The Labute approximate surface area is 74.0 Å². The monoisotopic (exact) mass is 173 g/mol. The van der Waals surface area contributed by atoms with Crippen LogP contribution in [0.15, 0.2) is 0 Å². The number of hydrogen-bond acceptors (Lipinski definition) is 3. The van der Waals surface area contributed by atoms with Crippen molar-refractivity contribution in [2.75, 3.05) is 26.7 Å². The summed E-state index contributed by atoms with van der Waals surface area (Å²) in [5.74, 6) is 0. The fraction of sp³-hybridized carbons (Fsp3) is 1.00. The lowest BCUT2D eigenvalue weighted by molar-refractivity contribution is 0.0131. The third kappa shape index (κ3) is 2.73. The van der Waals surface area contributed by atoms with E-state index in [-0.39, 0.29) is 6.61 Å². The molecule has 0 heterocycles. The van der Waals surface area contributed by atoms with Crippen molar-refractivity contribution in [3.8, 4) is 0 Å². The second-order valence-electron chi connectivity index (χ2n) is 3.89. The van der Waals surface area contributed by atoms with Gasteiger partial charge >= 0.3 is 0 Å². The topological polar surface area (TPSA) is 43.7 Å². The molecular weight excluding hydrogens is 154 g/mol. The average molecular weight is 173 g/mol. The Morgan fingerprint density at radius 1 is 1.33 bits per heavy atom. The molecule has 0 aromatic rings. The average Bonchev–Trinajstić information content (AvgIpc) is 2.36. The van der Waals surface area contributed by atoms with E-state index in [0.717, 1.165) is 25.7 Å². The molecule has 3 nitrogen and oxygen atoms in total. The minimum Gasteiger partial charge on any atom is -0.395 e. The molecule has 1 saturated carbocycles. The van der Waals surface area contributed by atoms with Crippen molar-refractivity contribution in [2.45, 2.75) is 31.3 Å². The predicted molar refractivity (Wildman–Crippen MR) is 48.0 cm³/mol. The summed E-state index contributed by atoms with van der Waals surface area (Å²) in [5.41, 5.74) is -0.468. The maximum atomic E-state index is 9.96. The standard InChI is InChI=1S/C9H19NO2/c1-10(6-7-11)8-9(12)4-2-3-5-9/h11-12H,2-8H2,1H3. The van der Waals surface area contributed by atoms with Crippen LogP contribution in [0.5, 0.6) is 0 Å². The van der Waals surface area contributed by atoms with Crippen LogP contribution in [0.4, 0.5) is 0 Å². The smallest absolute Gasteiger partial charge is 0.0774 e. The summed E-state index contributed by atoms with van der Waals surface area (Å²) in [6.45, 7) is 1.53. The van der Waals surface area contributed by atoms with Crippen LogP contribution < -0.4 is 0 Å². The molecule has 0 spiro atoms. The van der Waals surface area contributed by atoms with Gasteiger partial charge in [-0.3, -0.25) is 0 Å². The van der Waals surface area contributed by atoms with Crippen molar-refractivity contribution in [3.63, 3.8) is 0 Å². The summed E-state index contributed by atoms with van der Waals surface area (Å²) >= 11 is 0. The molecule has 2 N–H and O–H groups in total. The van der Waals surface area contributed by atoms with Crippen LogP contribution in [-0.2, 0) is 0 Å². The van der Waals surface area contributed by atoms with Crippen LogP contribution >= 0.6 is 0 Å². The summed E-state index contributed by atoms with van der Waals surface area (Å²) in [7, 11) is 1.94. The Balaban J connectivity index is 2.28. The molecule has 1 fully saturated rings. The van der Waals surface area contributed by atoms with E-state index in [4.69, 9.17) is 5.11 Å². The minimum atomic E-state index is -0.468. The van der Waals surface area contributed by atoms with Gasteiger partial charge in [-0.2, -0.15) is 0 Å². The van der Waals surface area contributed by atoms with Gasteiger partial charge in [0.25, 0.3) is 0 Å². The first kappa shape index (κ1) is 9.96. The van der Waals surface area contributed by atoms with Gasteiger partial charge in [-0.05, 0) is 19.9 Å². The molecule has 0 unspecified atom stereocenters. The molecular formula is C9H19NO2. The van der Waals surface area contributed by atoms with E-state index >= 15 is 0 Å². The van der Waals surface area contributed by atoms with E-state index in [1.54, 1.807) is 0 Å². The summed E-state index contributed by atoms with van der Waals surface area (Å²) in [6.07, 6.45) is 4.12. The molecule has 3 heteroatoms. The van der Waals surface area contributed by atoms with Gasteiger partial charge in [-0.15, -0.1) is 0 Å². The highest BCUT2D eigenvalue weighted by atomic mass is 16.3. The van der Waals surface area contributed by atoms with E-state index in [2.05, 4.69) is 0 Å². The fourth-order valence-electron chi connectivity index (χ4n) is 1.94. The Kier molecular flexibility index (Phi) is 3.50. The number of likely N-dealkylation sites (N-methyl/N-ethyl adjacent to an activating group) is 1. The third-order valence-electron chi connectivity index (χ3n) is 2.58. The Morgan fingerprint density at radius 2 is 1.92 bits per heavy atom. The van der Waals surface area contributed by atoms with Gasteiger partial charge < -0.3 is 15.1 Å². The minimum absolute atomic E-state index is 0.173. The van der Waals surface area contributed by atoms with Gasteiger partial charge in [0.2, 0.25) is 0 Å². The van der Waals surface area contributed by atoms with E-state index < -0.39 is 5.60 Å². The largest absolute Gasteiger partial charge is 0.395 e. The van der Waals surface area contributed by atoms with E-state index in [1.807, 2.05) is 11.9 Å². The molecule has 72 valence electrons. The lowest BCUT2D eigenvalue weighted by Gasteiger charge is -2.27. The molecule has 0 aliphatic heterocycles. The molecule has 0 amide bonds. The van der Waals surface area contributed by atoms with Crippen LogP contribution in [0.1, 0.15) is 25.7 Å². The first-order valence-corrected chi connectivity index (χ1v) is 4.68. The van der Waals surface area contributed by atoms with Gasteiger partial charge in [-0.1, -0.05) is 12.8 Å². The summed E-state index contributed by atoms with van der Waals surface area (Å²) in [6, 6.07) is 0. The maximum absolute atomic E-state index is 9.96. The lowest BCUT2D eigenvalue weighted by Crippen LogP contribution is -2.40. The highest BCUT2D eigenvalue weighted by Crippen LogP contribution is 2.29. The Hall–Kier alpha value is -0.120. The van der Waals surface area contributed by atoms with Crippen molar-refractivity contribution < 1.29 is 10.2 Å². The summed E-state index contributed by atoms with van der Waals surface area (Å²) < 4.78 is 0. The van der Waals surface area contributed by atoms with E-state index in [0.29, 0.717) is 13.1 Å². The quantitative estimate of drug-likeness (QED) is 0.639. The normalized spacial score (nSPS) is 22.0. The number of aliphatic hydroxyl groups excluding tert-OH is 1. The molecule has 0 radical (unpaired) electrons. The van der Waals surface area contributed by atoms with Gasteiger partial charge in [0.1, 0.15) is 0 Å². The first-order valence-electron chi connectivity index (χ1n) is 4.68. The molecule has 0 bridgehead atoms. The molecule has 0 saturated heterocycles. The zero-order valence-corrected chi connectivity index (χ0v) is 7.79. The van der Waals surface area contributed by atoms with Crippen molar-refractivity contribution in [1.82, 2.24) is 4.90 Å². The SMILES string of the molecule is CN(CCO)CC1(O)CCCC1. The van der Waals surface area contributed by atoms with Crippen LogP contribution in [-0.4, -0.2) is 47.5 Å². The van der Waals surface area contributed by atoms with Crippen LogP contribution in [0.25, 0.3) is 0 Å². The second kappa shape index (κ2) is 4.21. The number of aliphatic hydroxyl groups is 2. The zero-order valence-electron chi connectivity index (χ0n) is 7.79. The lowest BCUT2D eigenvalue weighted by atomic mass is 10.0. The summed E-state index contributed by atoms with van der Waals surface area (Å²) in [5, 5.41) is 18.6. The van der Waals surface area contributed by atoms with E-state index in [1.165, 1.54) is 0 Å². The molecule has 1 aliphatic carbocycles. The highest BCUT2D eigenvalue weighted by molar-refractivity contribution is 4.86. The highest BCUT2D eigenvalue weighted by Gasteiger charge is 2.31. The third-order valence-corrected chi connectivity index (χ3v) is 2.58. The van der Waals surface area contributed by atoms with Crippen molar-refractivity contribution in [2.24, 2.45) is 0 Å². The molecule has 12 heavy (non-hydrogen) atoms.